The van der Waals surface area contributed by atoms with Crippen molar-refractivity contribution in [2.75, 3.05) is 18.1 Å². The van der Waals surface area contributed by atoms with Gasteiger partial charge in [-0.25, -0.2) is 9.78 Å². The number of carbonyl (C=O) groups is 1. The molecule has 0 bridgehead atoms. The fraction of sp³-hybridized carbons (Fsp3) is 0.125. The fourth-order valence-corrected chi connectivity index (χ4v) is 2.31. The minimum atomic E-state index is -0.538. The van der Waals surface area contributed by atoms with E-state index in [2.05, 4.69) is 9.97 Å². The second-order valence-electron chi connectivity index (χ2n) is 4.89. The van der Waals surface area contributed by atoms with Crippen LogP contribution in [0.15, 0.2) is 28.7 Å². The highest BCUT2D eigenvalue weighted by atomic mass is 16.5. The fourth-order valence-electron chi connectivity index (χ4n) is 2.31. The van der Waals surface area contributed by atoms with E-state index >= 15 is 0 Å². The summed E-state index contributed by atoms with van der Waals surface area (Å²) in [7, 11) is 0. The number of benzene rings is 1. The van der Waals surface area contributed by atoms with Crippen molar-refractivity contribution in [1.82, 2.24) is 9.97 Å². The molecule has 2 aromatic heterocycles. The predicted molar refractivity (Wildman–Crippen MR) is 86.7 cm³/mol. The molecule has 0 aliphatic carbocycles. The quantitative estimate of drug-likeness (QED) is 0.698. The molecule has 4 N–H and O–H groups in total. The monoisotopic (exact) mass is 323 g/mol. The number of carbonyl (C=O) groups excluding carboxylic acids is 1. The SMILES string of the molecule is CCOC(=O)c1cc2cc(-c3nc(N)nc(N)c3C#N)ccc2o1. The van der Waals surface area contributed by atoms with Crippen LogP contribution in [0.25, 0.3) is 22.2 Å². The standard InChI is InChI=1S/C16H13N5O3/c1-2-23-15(22)12-6-9-5-8(3-4-11(9)24-12)13-10(7-17)14(18)21-16(19)20-13/h3-6H,2H2,1H3,(H4,18,19,20,21). The molecule has 120 valence electrons. The number of nitriles is 1. The summed E-state index contributed by atoms with van der Waals surface area (Å²) in [6.45, 7) is 1.97. The van der Waals surface area contributed by atoms with Crippen LogP contribution < -0.4 is 11.5 Å². The molecule has 8 nitrogen and oxygen atoms in total. The van der Waals surface area contributed by atoms with Crippen LogP contribution in [-0.2, 0) is 4.74 Å². The zero-order valence-electron chi connectivity index (χ0n) is 12.7. The van der Waals surface area contributed by atoms with Crippen LogP contribution in [-0.4, -0.2) is 22.5 Å². The van der Waals surface area contributed by atoms with Gasteiger partial charge in [0.1, 0.15) is 23.0 Å². The largest absolute Gasteiger partial charge is 0.460 e. The summed E-state index contributed by atoms with van der Waals surface area (Å²) in [5.41, 5.74) is 12.9. The number of ether oxygens (including phenoxy) is 1. The molecule has 0 saturated heterocycles. The van der Waals surface area contributed by atoms with Crippen molar-refractivity contribution in [2.24, 2.45) is 0 Å². The first-order chi connectivity index (χ1) is 11.5. The van der Waals surface area contributed by atoms with E-state index in [4.69, 9.17) is 20.6 Å². The molecule has 3 rings (SSSR count). The summed E-state index contributed by atoms with van der Waals surface area (Å²) in [4.78, 5) is 19.6. The third kappa shape index (κ3) is 2.59. The number of furan rings is 1. The number of hydrogen-bond acceptors (Lipinski definition) is 8. The molecule has 0 fully saturated rings. The summed E-state index contributed by atoms with van der Waals surface area (Å²) in [6, 6.07) is 8.63. The van der Waals surface area contributed by atoms with E-state index < -0.39 is 5.97 Å². The van der Waals surface area contributed by atoms with E-state index in [1.165, 1.54) is 0 Å². The number of fused-ring (bicyclic) bond motifs is 1. The number of anilines is 2. The van der Waals surface area contributed by atoms with Crippen molar-refractivity contribution >= 4 is 28.7 Å². The maximum absolute atomic E-state index is 11.7. The lowest BCUT2D eigenvalue weighted by Crippen LogP contribution is -2.04. The van der Waals surface area contributed by atoms with Crippen molar-refractivity contribution in [3.63, 3.8) is 0 Å². The Hall–Kier alpha value is -3.60. The molecular formula is C16H13N5O3. The van der Waals surface area contributed by atoms with Gasteiger partial charge in [0.15, 0.2) is 0 Å². The van der Waals surface area contributed by atoms with Crippen molar-refractivity contribution in [1.29, 1.82) is 5.26 Å². The molecule has 0 aliphatic rings. The van der Waals surface area contributed by atoms with Gasteiger partial charge in [0.05, 0.1) is 12.3 Å². The molecule has 2 heterocycles. The number of nitrogens with two attached hydrogens (primary N) is 2. The van der Waals surface area contributed by atoms with E-state index in [1.807, 2.05) is 6.07 Å². The molecule has 0 amide bonds. The average Bonchev–Trinajstić information content (AvgIpc) is 2.97. The number of esters is 1. The van der Waals surface area contributed by atoms with Gasteiger partial charge in [-0.3, -0.25) is 0 Å². The zero-order valence-corrected chi connectivity index (χ0v) is 12.7. The van der Waals surface area contributed by atoms with Crippen molar-refractivity contribution in [2.45, 2.75) is 6.92 Å². The van der Waals surface area contributed by atoms with Crippen LogP contribution in [0.5, 0.6) is 0 Å². The first-order valence-corrected chi connectivity index (χ1v) is 7.07. The lowest BCUT2D eigenvalue weighted by Gasteiger charge is -2.06. The van der Waals surface area contributed by atoms with E-state index in [0.717, 1.165) is 0 Å². The Kier molecular flexibility index (Phi) is 3.75. The molecule has 0 spiro atoms. The number of nitrogen functional groups attached to an aromatic ring is 2. The van der Waals surface area contributed by atoms with Gasteiger partial charge in [-0.05, 0) is 31.2 Å². The predicted octanol–water partition coefficient (Wildman–Crippen LogP) is 2.10. The number of rotatable bonds is 3. The summed E-state index contributed by atoms with van der Waals surface area (Å²) in [5, 5.41) is 9.93. The second-order valence-corrected chi connectivity index (χ2v) is 4.89. The van der Waals surface area contributed by atoms with Crippen LogP contribution in [0, 0.1) is 11.3 Å². The molecule has 0 unspecified atom stereocenters. The van der Waals surface area contributed by atoms with Gasteiger partial charge >= 0.3 is 5.97 Å². The van der Waals surface area contributed by atoms with Gasteiger partial charge in [0.25, 0.3) is 0 Å². The van der Waals surface area contributed by atoms with E-state index in [9.17, 15) is 10.1 Å². The van der Waals surface area contributed by atoms with Gasteiger partial charge in [-0.2, -0.15) is 10.2 Å². The highest BCUT2D eigenvalue weighted by Gasteiger charge is 2.16. The molecule has 8 heteroatoms. The third-order valence-corrected chi connectivity index (χ3v) is 3.33. The molecule has 0 aliphatic heterocycles. The maximum atomic E-state index is 11.7. The summed E-state index contributed by atoms with van der Waals surface area (Å²) in [5.74, 6) is -0.449. The Bertz CT molecular complexity index is 987. The second kappa shape index (κ2) is 5.89. The Labute approximate surface area is 136 Å². The van der Waals surface area contributed by atoms with Gasteiger partial charge in [0, 0.05) is 10.9 Å². The van der Waals surface area contributed by atoms with Crippen LogP contribution >= 0.6 is 0 Å². The van der Waals surface area contributed by atoms with Crippen LogP contribution in [0.4, 0.5) is 11.8 Å². The number of hydrogen-bond donors (Lipinski definition) is 2. The first kappa shape index (κ1) is 15.3. The lowest BCUT2D eigenvalue weighted by molar-refractivity contribution is 0.0492. The highest BCUT2D eigenvalue weighted by molar-refractivity contribution is 5.94. The molecule has 0 atom stereocenters. The minimum Gasteiger partial charge on any atom is -0.460 e. The average molecular weight is 323 g/mol. The van der Waals surface area contributed by atoms with Crippen LogP contribution in [0.3, 0.4) is 0 Å². The van der Waals surface area contributed by atoms with Gasteiger partial charge in [-0.1, -0.05) is 0 Å². The van der Waals surface area contributed by atoms with Crippen LogP contribution in [0.1, 0.15) is 23.0 Å². The Morgan fingerprint density at radius 1 is 1.33 bits per heavy atom. The molecule has 0 radical (unpaired) electrons. The smallest absolute Gasteiger partial charge is 0.374 e. The lowest BCUT2D eigenvalue weighted by atomic mass is 10.1. The molecule has 1 aromatic carbocycles. The Morgan fingerprint density at radius 3 is 2.83 bits per heavy atom. The van der Waals surface area contributed by atoms with Crippen molar-refractivity contribution in [3.05, 3.63) is 35.6 Å². The minimum absolute atomic E-state index is 0.0134. The molecule has 3 aromatic rings. The topological polar surface area (TPSA) is 141 Å². The van der Waals surface area contributed by atoms with Gasteiger partial charge in [0.2, 0.25) is 11.7 Å². The van der Waals surface area contributed by atoms with Crippen LogP contribution in [0.2, 0.25) is 0 Å². The highest BCUT2D eigenvalue weighted by Crippen LogP contribution is 2.29. The van der Waals surface area contributed by atoms with E-state index in [1.54, 1.807) is 31.2 Å². The van der Waals surface area contributed by atoms with Crippen molar-refractivity contribution in [3.8, 4) is 17.3 Å². The Morgan fingerprint density at radius 2 is 2.12 bits per heavy atom. The number of nitrogens with zero attached hydrogens (tertiary/aromatic N) is 3. The van der Waals surface area contributed by atoms with E-state index in [0.29, 0.717) is 22.2 Å². The molecular weight excluding hydrogens is 310 g/mol. The summed E-state index contributed by atoms with van der Waals surface area (Å²) < 4.78 is 10.4. The van der Waals surface area contributed by atoms with E-state index in [-0.39, 0.29) is 29.7 Å². The normalized spacial score (nSPS) is 10.5. The van der Waals surface area contributed by atoms with Crippen molar-refractivity contribution < 1.29 is 13.9 Å². The first-order valence-electron chi connectivity index (χ1n) is 7.07. The molecule has 24 heavy (non-hydrogen) atoms. The zero-order chi connectivity index (χ0) is 17.3. The third-order valence-electron chi connectivity index (χ3n) is 3.33. The molecule has 0 saturated carbocycles. The summed E-state index contributed by atoms with van der Waals surface area (Å²) in [6.07, 6.45) is 0. The maximum Gasteiger partial charge on any atom is 0.374 e. The van der Waals surface area contributed by atoms with Gasteiger partial charge < -0.3 is 20.6 Å². The number of aromatic nitrogens is 2. The van der Waals surface area contributed by atoms with Gasteiger partial charge in [-0.15, -0.1) is 0 Å². The Balaban J connectivity index is 2.12. The summed E-state index contributed by atoms with van der Waals surface area (Å²) >= 11 is 0.